The quantitative estimate of drug-likeness (QED) is 0.760. The molecule has 0 bridgehead atoms. The Labute approximate surface area is 113 Å². The minimum absolute atomic E-state index is 0.399. The highest BCUT2D eigenvalue weighted by Crippen LogP contribution is 2.28. The van der Waals surface area contributed by atoms with Crippen LogP contribution in [0.25, 0.3) is 11.3 Å². The van der Waals surface area contributed by atoms with Crippen LogP contribution in [0.3, 0.4) is 0 Å². The van der Waals surface area contributed by atoms with Gasteiger partial charge in [0.2, 0.25) is 0 Å². The van der Waals surface area contributed by atoms with E-state index in [1.807, 2.05) is 0 Å². The van der Waals surface area contributed by atoms with Crippen molar-refractivity contribution >= 4 is 41.1 Å². The Hall–Kier alpha value is -1.09. The van der Waals surface area contributed by atoms with Gasteiger partial charge in [-0.2, -0.15) is 0 Å². The van der Waals surface area contributed by atoms with Gasteiger partial charge in [-0.1, -0.05) is 34.8 Å². The molecule has 0 radical (unpaired) electrons. The van der Waals surface area contributed by atoms with Gasteiger partial charge < -0.3 is 0 Å². The molecule has 0 fully saturated rings. The fourth-order valence-electron chi connectivity index (χ4n) is 1.48. The average Bonchev–Trinajstić information content (AvgIpc) is 2.27. The summed E-state index contributed by atoms with van der Waals surface area (Å²) in [6.07, 6.45) is 2.17. The molecule has 0 aliphatic carbocycles. The second kappa shape index (κ2) is 5.05. The summed E-state index contributed by atoms with van der Waals surface area (Å²) >= 11 is 17.6. The molecule has 5 heteroatoms. The molecule has 17 heavy (non-hydrogen) atoms. The molecule has 2 aromatic rings. The van der Waals surface area contributed by atoms with Gasteiger partial charge in [-0.25, -0.2) is 0 Å². The van der Waals surface area contributed by atoms with Crippen LogP contribution in [-0.4, -0.2) is 11.3 Å². The van der Waals surface area contributed by atoms with Gasteiger partial charge in [-0.05, 0) is 24.3 Å². The summed E-state index contributed by atoms with van der Waals surface area (Å²) in [4.78, 5) is 15.1. The van der Waals surface area contributed by atoms with E-state index in [-0.39, 0.29) is 0 Å². The molecule has 1 heterocycles. The summed E-state index contributed by atoms with van der Waals surface area (Å²) in [7, 11) is 0. The molecule has 0 aliphatic rings. The monoisotopic (exact) mass is 285 g/mol. The molecule has 0 amide bonds. The van der Waals surface area contributed by atoms with Gasteiger partial charge in [0.15, 0.2) is 6.29 Å². The Morgan fingerprint density at radius 1 is 0.941 bits per heavy atom. The molecule has 0 saturated carbocycles. The summed E-state index contributed by atoms with van der Waals surface area (Å²) in [5.74, 6) is 0. The minimum Gasteiger partial charge on any atom is -0.298 e. The molecule has 86 valence electrons. The third-order valence-corrected chi connectivity index (χ3v) is 2.79. The molecular formula is C12H6Cl3NO. The summed E-state index contributed by atoms with van der Waals surface area (Å²) < 4.78 is 0. The number of benzene rings is 1. The second-order valence-electron chi connectivity index (χ2n) is 3.37. The van der Waals surface area contributed by atoms with Crippen molar-refractivity contribution in [2.24, 2.45) is 0 Å². The summed E-state index contributed by atoms with van der Waals surface area (Å²) in [5.41, 5.74) is 1.59. The van der Waals surface area contributed by atoms with Gasteiger partial charge in [0.25, 0.3) is 0 Å². The van der Waals surface area contributed by atoms with Gasteiger partial charge in [0, 0.05) is 27.4 Å². The van der Waals surface area contributed by atoms with Gasteiger partial charge >= 0.3 is 0 Å². The van der Waals surface area contributed by atoms with Crippen LogP contribution in [0.5, 0.6) is 0 Å². The highest BCUT2D eigenvalue weighted by molar-refractivity contribution is 6.35. The Morgan fingerprint density at radius 3 is 2.18 bits per heavy atom. The van der Waals surface area contributed by atoms with Crippen molar-refractivity contribution in [3.8, 4) is 11.3 Å². The summed E-state index contributed by atoms with van der Waals surface area (Å²) in [5, 5.41) is 1.38. The first-order valence-electron chi connectivity index (χ1n) is 4.67. The van der Waals surface area contributed by atoms with Gasteiger partial charge in [-0.15, -0.1) is 0 Å². The largest absolute Gasteiger partial charge is 0.298 e. The average molecular weight is 287 g/mol. The van der Waals surface area contributed by atoms with E-state index < -0.39 is 0 Å². The van der Waals surface area contributed by atoms with Crippen LogP contribution in [-0.2, 0) is 0 Å². The van der Waals surface area contributed by atoms with E-state index in [2.05, 4.69) is 4.98 Å². The van der Waals surface area contributed by atoms with E-state index in [0.29, 0.717) is 38.2 Å². The van der Waals surface area contributed by atoms with E-state index in [9.17, 15) is 4.79 Å². The van der Waals surface area contributed by atoms with Crippen LogP contribution in [0.1, 0.15) is 10.4 Å². The number of aldehydes is 1. The van der Waals surface area contributed by atoms with E-state index in [1.54, 1.807) is 24.3 Å². The number of halogens is 3. The van der Waals surface area contributed by atoms with Crippen molar-refractivity contribution in [1.82, 2.24) is 4.98 Å². The number of nitrogens with zero attached hydrogens (tertiary/aromatic N) is 1. The van der Waals surface area contributed by atoms with Crippen LogP contribution in [0.15, 0.2) is 30.5 Å². The van der Waals surface area contributed by atoms with Crippen molar-refractivity contribution in [2.75, 3.05) is 0 Å². The number of aromatic nitrogens is 1. The molecule has 0 spiro atoms. The molecule has 0 unspecified atom stereocenters. The maximum atomic E-state index is 11.0. The summed E-state index contributed by atoms with van der Waals surface area (Å²) in [6, 6.07) is 6.54. The second-order valence-corrected chi connectivity index (χ2v) is 4.68. The topological polar surface area (TPSA) is 30.0 Å². The number of rotatable bonds is 2. The lowest BCUT2D eigenvalue weighted by atomic mass is 10.1. The van der Waals surface area contributed by atoms with Gasteiger partial charge in [0.05, 0.1) is 10.7 Å². The SMILES string of the molecule is O=Cc1cc(Cl)cnc1-c1cc(Cl)cc(Cl)c1. The molecule has 0 atom stereocenters. The predicted molar refractivity (Wildman–Crippen MR) is 70.1 cm³/mol. The third-order valence-electron chi connectivity index (χ3n) is 2.15. The Balaban J connectivity index is 2.63. The zero-order valence-corrected chi connectivity index (χ0v) is 10.7. The van der Waals surface area contributed by atoms with Crippen molar-refractivity contribution < 1.29 is 4.79 Å². The van der Waals surface area contributed by atoms with Crippen LogP contribution in [0.4, 0.5) is 0 Å². The number of carbonyl (C=O) groups is 1. The van der Waals surface area contributed by atoms with E-state index >= 15 is 0 Å². The van der Waals surface area contributed by atoms with Crippen molar-refractivity contribution in [3.63, 3.8) is 0 Å². The normalized spacial score (nSPS) is 10.3. The van der Waals surface area contributed by atoms with Crippen molar-refractivity contribution in [3.05, 3.63) is 51.1 Å². The molecule has 0 saturated heterocycles. The lowest BCUT2D eigenvalue weighted by molar-refractivity contribution is 0.112. The fourth-order valence-corrected chi connectivity index (χ4v) is 2.17. The molecule has 0 N–H and O–H groups in total. The first kappa shape index (κ1) is 12.4. The number of hydrogen-bond acceptors (Lipinski definition) is 2. The molecule has 1 aromatic carbocycles. The maximum absolute atomic E-state index is 11.0. The lowest BCUT2D eigenvalue weighted by Gasteiger charge is -2.05. The smallest absolute Gasteiger partial charge is 0.152 e. The molecule has 1 aromatic heterocycles. The molecule has 2 rings (SSSR count). The highest BCUT2D eigenvalue weighted by Gasteiger charge is 2.08. The maximum Gasteiger partial charge on any atom is 0.152 e. The Morgan fingerprint density at radius 2 is 1.59 bits per heavy atom. The van der Waals surface area contributed by atoms with Crippen molar-refractivity contribution in [1.29, 1.82) is 0 Å². The minimum atomic E-state index is 0.399. The first-order valence-corrected chi connectivity index (χ1v) is 5.81. The van der Waals surface area contributed by atoms with E-state index in [0.717, 1.165) is 0 Å². The fraction of sp³-hybridized carbons (Fsp3) is 0. The molecule has 2 nitrogen and oxygen atoms in total. The zero-order chi connectivity index (χ0) is 12.4. The zero-order valence-electron chi connectivity index (χ0n) is 8.45. The number of pyridine rings is 1. The van der Waals surface area contributed by atoms with Gasteiger partial charge in [-0.3, -0.25) is 9.78 Å². The Kier molecular flexibility index (Phi) is 3.67. The van der Waals surface area contributed by atoms with Crippen LogP contribution in [0, 0.1) is 0 Å². The molecular weight excluding hydrogens is 280 g/mol. The Bertz CT molecular complexity index is 564. The van der Waals surface area contributed by atoms with Crippen LogP contribution < -0.4 is 0 Å². The summed E-state index contributed by atoms with van der Waals surface area (Å²) in [6.45, 7) is 0. The van der Waals surface area contributed by atoms with Gasteiger partial charge in [0.1, 0.15) is 0 Å². The standard InChI is InChI=1S/C12H6Cl3NO/c13-9-1-7(2-10(14)4-9)12-8(6-17)3-11(15)5-16-12/h1-6H. The first-order chi connectivity index (χ1) is 8.10. The van der Waals surface area contributed by atoms with E-state index in [4.69, 9.17) is 34.8 Å². The predicted octanol–water partition coefficient (Wildman–Crippen LogP) is 4.52. The number of hydrogen-bond donors (Lipinski definition) is 0. The van der Waals surface area contributed by atoms with Crippen molar-refractivity contribution in [2.45, 2.75) is 0 Å². The molecule has 0 aliphatic heterocycles. The highest BCUT2D eigenvalue weighted by atomic mass is 35.5. The van der Waals surface area contributed by atoms with E-state index in [1.165, 1.54) is 6.20 Å². The number of carbonyl (C=O) groups excluding carboxylic acids is 1. The lowest BCUT2D eigenvalue weighted by Crippen LogP contribution is -1.91. The third kappa shape index (κ3) is 2.78. The van der Waals surface area contributed by atoms with Crippen LogP contribution >= 0.6 is 34.8 Å². The van der Waals surface area contributed by atoms with Crippen LogP contribution in [0.2, 0.25) is 15.1 Å².